The summed E-state index contributed by atoms with van der Waals surface area (Å²) in [6.07, 6.45) is 5.90. The number of nitrogens with one attached hydrogen (secondary N) is 2. The van der Waals surface area contributed by atoms with Crippen LogP contribution in [-0.4, -0.2) is 93.6 Å². The van der Waals surface area contributed by atoms with Crippen LogP contribution in [0.1, 0.15) is 63.5 Å². The second-order valence-electron chi connectivity index (χ2n) is 11.8. The Morgan fingerprint density at radius 2 is 1.95 bits per heavy atom. The number of likely N-dealkylation sites (tertiary alicyclic amines) is 1. The number of carbonyl (C=O) groups excluding carboxylic acids is 2. The van der Waals surface area contributed by atoms with E-state index in [1.807, 2.05) is 29.2 Å². The number of carbonyl (C=O) groups is 2. The first-order valence-electron chi connectivity index (χ1n) is 15.5. The zero-order chi connectivity index (χ0) is 31.5. The molecule has 1 aromatic heterocycles. The van der Waals surface area contributed by atoms with Gasteiger partial charge in [-0.05, 0) is 52.8 Å². The maximum Gasteiger partial charge on any atom is 0.406 e. The average Bonchev–Trinajstić information content (AvgIpc) is 3.46. The zero-order valence-corrected chi connectivity index (χ0v) is 27.4. The normalized spacial score (nSPS) is 20.4. The van der Waals surface area contributed by atoms with Gasteiger partial charge in [-0.25, -0.2) is 14.3 Å². The average molecular weight is 652 g/mol. The van der Waals surface area contributed by atoms with Crippen LogP contribution in [0.3, 0.4) is 0 Å². The monoisotopic (exact) mass is 651 g/mol. The molecule has 0 radical (unpaired) electrons. The van der Waals surface area contributed by atoms with Crippen LogP contribution in [0, 0.1) is 17.8 Å². The molecule has 1 saturated heterocycles. The van der Waals surface area contributed by atoms with Gasteiger partial charge in [-0.2, -0.15) is 0 Å². The van der Waals surface area contributed by atoms with E-state index < -0.39 is 18.2 Å². The van der Waals surface area contributed by atoms with Crippen LogP contribution < -0.4 is 10.6 Å². The minimum Gasteiger partial charge on any atom is -0.453 e. The smallest absolute Gasteiger partial charge is 0.406 e. The van der Waals surface area contributed by atoms with Crippen molar-refractivity contribution in [2.45, 2.75) is 75.3 Å². The van der Waals surface area contributed by atoms with Crippen molar-refractivity contribution in [1.82, 2.24) is 35.7 Å². The van der Waals surface area contributed by atoms with Crippen molar-refractivity contribution in [2.75, 3.05) is 39.1 Å². The largest absolute Gasteiger partial charge is 0.453 e. The molecule has 2 heterocycles. The number of aliphatic hydroxyl groups excluding tert-OH is 1. The van der Waals surface area contributed by atoms with Crippen molar-refractivity contribution in [3.05, 3.63) is 34.9 Å². The van der Waals surface area contributed by atoms with Gasteiger partial charge in [-0.15, -0.1) is 5.10 Å². The predicted octanol–water partition coefficient (Wildman–Crippen LogP) is 4.44. The lowest BCUT2D eigenvalue weighted by Gasteiger charge is -2.40. The van der Waals surface area contributed by atoms with Gasteiger partial charge in [0.15, 0.2) is 0 Å². The Kier molecular flexibility index (Phi) is 13.4. The number of hydrogen-bond donors (Lipinski definition) is 3. The zero-order valence-electron chi connectivity index (χ0n) is 25.9. The van der Waals surface area contributed by atoms with Gasteiger partial charge in [0.05, 0.1) is 32.0 Å². The number of alkyl carbamates (subject to hydrolysis) is 1. The quantitative estimate of drug-likeness (QED) is 0.212. The number of urea groups is 1. The maximum absolute atomic E-state index is 13.9. The number of halogens is 1. The Balaban J connectivity index is 1.44. The van der Waals surface area contributed by atoms with Crippen molar-refractivity contribution in [3.8, 4) is 0 Å². The SMILES string of the molecule is COC(=O)NCCOC(c1cccc(Cl)c1)C1CCCN(C(=O)NC(C(O)CSc2nnnn2C)C(C)C2CCCCC2)C1. The summed E-state index contributed by atoms with van der Waals surface area (Å²) in [5.74, 6) is 0.934. The number of benzene rings is 1. The number of ether oxygens (including phenoxy) is 2. The van der Waals surface area contributed by atoms with Gasteiger partial charge in [0.2, 0.25) is 5.16 Å². The van der Waals surface area contributed by atoms with Gasteiger partial charge in [-0.1, -0.05) is 74.5 Å². The van der Waals surface area contributed by atoms with Gasteiger partial charge in [0, 0.05) is 43.4 Å². The summed E-state index contributed by atoms with van der Waals surface area (Å²) in [7, 11) is 3.09. The van der Waals surface area contributed by atoms with E-state index in [4.69, 9.17) is 16.3 Å². The van der Waals surface area contributed by atoms with Crippen LogP contribution in [0.25, 0.3) is 0 Å². The molecule has 1 aliphatic heterocycles. The Hall–Kier alpha value is -2.61. The highest BCUT2D eigenvalue weighted by atomic mass is 35.5. The van der Waals surface area contributed by atoms with Crippen LogP contribution in [0.5, 0.6) is 0 Å². The van der Waals surface area contributed by atoms with Crippen LogP contribution >= 0.6 is 23.4 Å². The highest BCUT2D eigenvalue weighted by Gasteiger charge is 2.36. The molecule has 1 aliphatic carbocycles. The predicted molar refractivity (Wildman–Crippen MR) is 168 cm³/mol. The van der Waals surface area contributed by atoms with Crippen LogP contribution in [0.2, 0.25) is 5.02 Å². The number of hydrogen-bond acceptors (Lipinski definition) is 9. The molecule has 4 rings (SSSR count). The number of aromatic nitrogens is 4. The lowest BCUT2D eigenvalue weighted by atomic mass is 9.76. The summed E-state index contributed by atoms with van der Waals surface area (Å²) in [5.41, 5.74) is 0.928. The molecule has 2 aromatic rings. The van der Waals surface area contributed by atoms with E-state index in [9.17, 15) is 14.7 Å². The second kappa shape index (κ2) is 17.2. The van der Waals surface area contributed by atoms with Crippen molar-refractivity contribution in [1.29, 1.82) is 0 Å². The fourth-order valence-electron chi connectivity index (χ4n) is 6.41. The van der Waals surface area contributed by atoms with E-state index in [1.54, 1.807) is 11.7 Å². The fraction of sp³-hybridized carbons (Fsp3) is 0.700. The van der Waals surface area contributed by atoms with Crippen LogP contribution in [-0.2, 0) is 16.5 Å². The van der Waals surface area contributed by atoms with E-state index in [1.165, 1.54) is 38.1 Å². The number of methoxy groups -OCH3 is 1. The number of nitrogens with zero attached hydrogens (tertiary/aromatic N) is 5. The summed E-state index contributed by atoms with van der Waals surface area (Å²) in [4.78, 5) is 27.2. The lowest BCUT2D eigenvalue weighted by molar-refractivity contribution is -0.00928. The van der Waals surface area contributed by atoms with Gasteiger partial charge in [0.25, 0.3) is 0 Å². The van der Waals surface area contributed by atoms with Crippen LogP contribution in [0.15, 0.2) is 29.4 Å². The molecule has 5 unspecified atom stereocenters. The molecule has 0 bridgehead atoms. The summed E-state index contributed by atoms with van der Waals surface area (Å²) in [6, 6.07) is 6.99. The number of aryl methyl sites for hydroxylation is 1. The van der Waals surface area contributed by atoms with E-state index in [-0.39, 0.29) is 30.6 Å². The van der Waals surface area contributed by atoms with Crippen molar-refractivity contribution >= 4 is 35.5 Å². The number of piperidine rings is 1. The first kappa shape index (κ1) is 34.3. The van der Waals surface area contributed by atoms with E-state index in [0.29, 0.717) is 41.5 Å². The van der Waals surface area contributed by atoms with Gasteiger partial charge < -0.3 is 30.1 Å². The Morgan fingerprint density at radius 1 is 1.18 bits per heavy atom. The number of amides is 3. The molecule has 44 heavy (non-hydrogen) atoms. The van der Waals surface area contributed by atoms with Crippen LogP contribution in [0.4, 0.5) is 9.59 Å². The van der Waals surface area contributed by atoms with E-state index in [0.717, 1.165) is 31.2 Å². The summed E-state index contributed by atoms with van der Waals surface area (Å²) >= 11 is 7.72. The second-order valence-corrected chi connectivity index (χ2v) is 13.2. The van der Waals surface area contributed by atoms with Gasteiger partial charge >= 0.3 is 12.1 Å². The summed E-state index contributed by atoms with van der Waals surface area (Å²) < 4.78 is 12.5. The molecule has 244 valence electrons. The Labute approximate surface area is 268 Å². The Bertz CT molecular complexity index is 1200. The molecule has 2 fully saturated rings. The molecule has 1 aromatic carbocycles. The number of aliphatic hydroxyl groups is 1. The van der Waals surface area contributed by atoms with Crippen molar-refractivity contribution in [2.24, 2.45) is 24.8 Å². The third-order valence-electron chi connectivity index (χ3n) is 8.83. The summed E-state index contributed by atoms with van der Waals surface area (Å²) in [6.45, 7) is 3.84. The molecule has 14 heteroatoms. The van der Waals surface area contributed by atoms with Gasteiger partial charge in [-0.3, -0.25) is 0 Å². The number of thioether (sulfide) groups is 1. The molecular formula is C30H46ClN7O5S. The highest BCUT2D eigenvalue weighted by Crippen LogP contribution is 2.35. The number of tetrazole rings is 1. The topological polar surface area (TPSA) is 144 Å². The van der Waals surface area contributed by atoms with E-state index in [2.05, 4.69) is 37.8 Å². The molecule has 5 atom stereocenters. The van der Waals surface area contributed by atoms with Crippen molar-refractivity contribution in [3.63, 3.8) is 0 Å². The standard InChI is InChI=1S/C30H46ClN7O5S/c1-20(21-9-5-4-6-10-21)26(25(39)19-44-29-34-35-36-37(29)2)33-28(40)38-15-8-12-23(18-38)27(22-11-7-13-24(31)17-22)43-16-14-32-30(41)42-3/h7,11,13,17,20-21,23,25-27,39H,4-6,8-10,12,14-16,18-19H2,1-3H3,(H,32,41)(H,33,40). The van der Waals surface area contributed by atoms with E-state index >= 15 is 0 Å². The molecule has 3 amide bonds. The first-order valence-corrected chi connectivity index (χ1v) is 16.9. The van der Waals surface area contributed by atoms with Gasteiger partial charge in [0.1, 0.15) is 0 Å². The Morgan fingerprint density at radius 3 is 2.66 bits per heavy atom. The molecule has 12 nitrogen and oxygen atoms in total. The minimum absolute atomic E-state index is 0.0178. The van der Waals surface area contributed by atoms with Crippen molar-refractivity contribution < 1.29 is 24.2 Å². The third kappa shape index (κ3) is 9.69. The highest BCUT2D eigenvalue weighted by molar-refractivity contribution is 7.99. The maximum atomic E-state index is 13.9. The molecular weight excluding hydrogens is 606 g/mol. The number of rotatable bonds is 13. The molecule has 0 spiro atoms. The minimum atomic E-state index is -0.775. The fourth-order valence-corrected chi connectivity index (χ4v) is 7.46. The molecule has 3 N–H and O–H groups in total. The molecule has 2 aliphatic rings. The summed E-state index contributed by atoms with van der Waals surface area (Å²) in [5, 5.41) is 30.1. The first-order chi connectivity index (χ1) is 21.3. The molecule has 1 saturated carbocycles. The lowest BCUT2D eigenvalue weighted by Crippen LogP contribution is -2.56. The third-order valence-corrected chi connectivity index (χ3v) is 10.2.